The van der Waals surface area contributed by atoms with Gasteiger partial charge in [0, 0.05) is 5.39 Å². The van der Waals surface area contributed by atoms with Crippen molar-refractivity contribution < 1.29 is 14.3 Å². The monoisotopic (exact) mass is 314 g/mol. The smallest absolute Gasteiger partial charge is 0.189 e. The fourth-order valence-electron chi connectivity index (χ4n) is 2.82. The lowest BCUT2D eigenvalue weighted by Crippen LogP contribution is -1.93. The van der Waals surface area contributed by atoms with E-state index in [2.05, 4.69) is 6.07 Å². The lowest BCUT2D eigenvalue weighted by Gasteiger charge is -1.98. The summed E-state index contributed by atoms with van der Waals surface area (Å²) >= 11 is 0. The van der Waals surface area contributed by atoms with Crippen molar-refractivity contribution in [2.24, 2.45) is 0 Å². The van der Waals surface area contributed by atoms with Crippen LogP contribution in [0.25, 0.3) is 27.8 Å². The lowest BCUT2D eigenvalue weighted by atomic mass is 10.1. The summed E-state index contributed by atoms with van der Waals surface area (Å²) in [5, 5.41) is 13.0. The van der Waals surface area contributed by atoms with Gasteiger partial charge in [0.2, 0.25) is 0 Å². The van der Waals surface area contributed by atoms with Gasteiger partial charge in [0.1, 0.15) is 17.1 Å². The zero-order valence-corrected chi connectivity index (χ0v) is 12.8. The quantitative estimate of drug-likeness (QED) is 0.418. The third-order valence-electron chi connectivity index (χ3n) is 4.01. The molecule has 3 aromatic carbocycles. The highest BCUT2D eigenvalue weighted by atomic mass is 16.3. The molecule has 0 fully saturated rings. The highest BCUT2D eigenvalue weighted by Gasteiger charge is 2.08. The van der Waals surface area contributed by atoms with Gasteiger partial charge in [-0.2, -0.15) is 0 Å². The summed E-state index contributed by atoms with van der Waals surface area (Å²) < 4.78 is 5.79. The second-order valence-corrected chi connectivity index (χ2v) is 5.56. The van der Waals surface area contributed by atoms with Gasteiger partial charge in [0.05, 0.1) is 5.56 Å². The number of carbonyl (C=O) groups excluding carboxylic acids is 1. The van der Waals surface area contributed by atoms with Gasteiger partial charge >= 0.3 is 0 Å². The topological polar surface area (TPSA) is 50.4 Å². The summed E-state index contributed by atoms with van der Waals surface area (Å²) in [6, 6.07) is 20.4. The molecule has 0 atom stereocenters. The molecule has 0 unspecified atom stereocenters. The summed E-state index contributed by atoms with van der Waals surface area (Å²) in [5.41, 5.74) is 1.05. The number of para-hydroxylation sites is 1. The number of hydrogen-bond acceptors (Lipinski definition) is 3. The molecule has 4 rings (SSSR count). The summed E-state index contributed by atoms with van der Waals surface area (Å²) in [6.45, 7) is 0. The Morgan fingerprint density at radius 3 is 2.58 bits per heavy atom. The van der Waals surface area contributed by atoms with Gasteiger partial charge in [0.25, 0.3) is 0 Å². The Kier molecular flexibility index (Phi) is 3.39. The molecule has 0 aliphatic heterocycles. The lowest BCUT2D eigenvalue weighted by molar-refractivity contribution is 0.104. The molecule has 0 spiro atoms. The van der Waals surface area contributed by atoms with Crippen molar-refractivity contribution in [3.05, 3.63) is 84.1 Å². The third-order valence-corrected chi connectivity index (χ3v) is 4.01. The van der Waals surface area contributed by atoms with Gasteiger partial charge in [-0.1, -0.05) is 42.5 Å². The van der Waals surface area contributed by atoms with Crippen LogP contribution in [0.4, 0.5) is 0 Å². The highest BCUT2D eigenvalue weighted by Crippen LogP contribution is 2.28. The number of allylic oxidation sites excluding steroid dienone is 1. The van der Waals surface area contributed by atoms with E-state index in [9.17, 15) is 9.90 Å². The zero-order chi connectivity index (χ0) is 16.5. The molecule has 0 saturated heterocycles. The van der Waals surface area contributed by atoms with Crippen molar-refractivity contribution in [1.29, 1.82) is 0 Å². The van der Waals surface area contributed by atoms with E-state index in [4.69, 9.17) is 4.42 Å². The van der Waals surface area contributed by atoms with Crippen LogP contribution in [0.3, 0.4) is 0 Å². The van der Waals surface area contributed by atoms with E-state index in [0.29, 0.717) is 5.76 Å². The second-order valence-electron chi connectivity index (χ2n) is 5.56. The number of furan rings is 1. The Morgan fingerprint density at radius 1 is 0.917 bits per heavy atom. The van der Waals surface area contributed by atoms with Gasteiger partial charge < -0.3 is 9.52 Å². The molecule has 4 aromatic rings. The van der Waals surface area contributed by atoms with Gasteiger partial charge in [-0.25, -0.2) is 0 Å². The van der Waals surface area contributed by atoms with Crippen LogP contribution in [-0.2, 0) is 0 Å². The summed E-state index contributed by atoms with van der Waals surface area (Å²) in [5.74, 6) is 0.311. The zero-order valence-electron chi connectivity index (χ0n) is 12.8. The molecule has 0 bridgehead atoms. The van der Waals surface area contributed by atoms with Gasteiger partial charge in [-0.15, -0.1) is 0 Å². The molecule has 0 radical (unpaired) electrons. The number of aromatic hydroxyl groups is 1. The largest absolute Gasteiger partial charge is 0.507 e. The Balaban J connectivity index is 1.71. The molecule has 0 saturated carbocycles. The molecule has 116 valence electrons. The molecule has 3 heteroatoms. The minimum atomic E-state index is -0.265. The fraction of sp³-hybridized carbons (Fsp3) is 0. The number of carbonyl (C=O) groups is 1. The van der Waals surface area contributed by atoms with Crippen molar-refractivity contribution in [3.8, 4) is 5.75 Å². The number of rotatable bonds is 3. The van der Waals surface area contributed by atoms with Crippen LogP contribution in [0, 0.1) is 0 Å². The van der Waals surface area contributed by atoms with Crippen LogP contribution in [-0.4, -0.2) is 10.9 Å². The number of ketones is 1. The number of hydrogen-bond donors (Lipinski definition) is 1. The first-order valence-corrected chi connectivity index (χ1v) is 7.64. The number of fused-ring (bicyclic) bond motifs is 3. The fourth-order valence-corrected chi connectivity index (χ4v) is 2.82. The Hall–Kier alpha value is -3.33. The number of phenolic OH excluding ortho intramolecular Hbond substituents is 1. The van der Waals surface area contributed by atoms with E-state index in [-0.39, 0.29) is 17.1 Å². The molecule has 1 N–H and O–H groups in total. The average Bonchev–Trinajstić information content (AvgIpc) is 3.04. The predicted molar refractivity (Wildman–Crippen MR) is 95.2 cm³/mol. The summed E-state index contributed by atoms with van der Waals surface area (Å²) in [7, 11) is 0. The molecule has 0 amide bonds. The molecular weight excluding hydrogens is 300 g/mol. The van der Waals surface area contributed by atoms with E-state index in [0.717, 1.165) is 21.7 Å². The molecule has 24 heavy (non-hydrogen) atoms. The number of benzene rings is 3. The van der Waals surface area contributed by atoms with Crippen LogP contribution in [0.2, 0.25) is 0 Å². The van der Waals surface area contributed by atoms with Crippen LogP contribution in [0.15, 0.2) is 77.2 Å². The van der Waals surface area contributed by atoms with Gasteiger partial charge in [-0.05, 0) is 47.2 Å². The normalized spacial score (nSPS) is 11.5. The first-order chi connectivity index (χ1) is 11.7. The van der Waals surface area contributed by atoms with Crippen molar-refractivity contribution in [2.75, 3.05) is 0 Å². The van der Waals surface area contributed by atoms with E-state index >= 15 is 0 Å². The van der Waals surface area contributed by atoms with Crippen molar-refractivity contribution >= 4 is 33.6 Å². The third kappa shape index (κ3) is 2.46. The molecule has 0 aliphatic rings. The predicted octanol–water partition coefficient (Wildman–Crippen LogP) is 5.19. The Labute approximate surface area is 138 Å². The van der Waals surface area contributed by atoms with Crippen LogP contribution in [0.5, 0.6) is 5.75 Å². The van der Waals surface area contributed by atoms with Gasteiger partial charge in [-0.3, -0.25) is 4.79 Å². The maximum Gasteiger partial charge on any atom is 0.189 e. The maximum atomic E-state index is 12.2. The molecule has 1 heterocycles. The van der Waals surface area contributed by atoms with E-state index in [1.165, 1.54) is 12.1 Å². The second kappa shape index (κ2) is 5.70. The first-order valence-electron chi connectivity index (χ1n) is 7.64. The standard InChI is InChI=1S/C21H14O3/c22-19-8-4-3-7-17(19)20(23)11-10-15-13-18-16-6-2-1-5-14(16)9-12-21(18)24-15/h1-13,22H/b11-10+. The molecule has 3 nitrogen and oxygen atoms in total. The summed E-state index contributed by atoms with van der Waals surface area (Å²) in [6.07, 6.45) is 3.04. The number of phenols is 1. The average molecular weight is 314 g/mol. The summed E-state index contributed by atoms with van der Waals surface area (Å²) in [4.78, 5) is 12.2. The minimum absolute atomic E-state index is 0.0252. The molecule has 0 aliphatic carbocycles. The maximum absolute atomic E-state index is 12.2. The van der Waals surface area contributed by atoms with Crippen LogP contribution < -0.4 is 0 Å². The molecular formula is C21H14O3. The van der Waals surface area contributed by atoms with E-state index in [1.807, 2.05) is 36.4 Å². The van der Waals surface area contributed by atoms with E-state index < -0.39 is 0 Å². The molecule has 1 aromatic heterocycles. The Bertz CT molecular complexity index is 1090. The highest BCUT2D eigenvalue weighted by molar-refractivity contribution is 6.09. The van der Waals surface area contributed by atoms with E-state index in [1.54, 1.807) is 24.3 Å². The van der Waals surface area contributed by atoms with Crippen molar-refractivity contribution in [2.45, 2.75) is 0 Å². The minimum Gasteiger partial charge on any atom is -0.507 e. The SMILES string of the molecule is O=C(/C=C/c1cc2c(ccc3ccccc32)o1)c1ccccc1O. The Morgan fingerprint density at radius 2 is 1.71 bits per heavy atom. The van der Waals surface area contributed by atoms with Crippen molar-refractivity contribution in [1.82, 2.24) is 0 Å². The van der Waals surface area contributed by atoms with Crippen LogP contribution in [0.1, 0.15) is 16.1 Å². The first kappa shape index (κ1) is 14.3. The van der Waals surface area contributed by atoms with Gasteiger partial charge in [0.15, 0.2) is 5.78 Å². The van der Waals surface area contributed by atoms with Crippen LogP contribution >= 0.6 is 0 Å². The van der Waals surface area contributed by atoms with Crippen molar-refractivity contribution in [3.63, 3.8) is 0 Å².